The first-order chi connectivity index (χ1) is 16.0. The molecule has 10 heteroatoms. The molecule has 1 saturated heterocycles. The van der Waals surface area contributed by atoms with Crippen LogP contribution in [-0.2, 0) is 22.6 Å². The summed E-state index contributed by atoms with van der Waals surface area (Å²) in [4.78, 5) is 12.5. The van der Waals surface area contributed by atoms with Crippen LogP contribution < -0.4 is 10.6 Å². The Balaban J connectivity index is 1.41. The zero-order valence-electron chi connectivity index (χ0n) is 18.2. The van der Waals surface area contributed by atoms with E-state index in [-0.39, 0.29) is 23.6 Å². The van der Waals surface area contributed by atoms with E-state index in [0.717, 1.165) is 36.5 Å². The Labute approximate surface area is 201 Å². The van der Waals surface area contributed by atoms with Gasteiger partial charge in [-0.2, -0.15) is 0 Å². The quantitative estimate of drug-likeness (QED) is 0.416. The number of amides is 1. The SMILES string of the molecule is Cc1ccc(NC(=O)CSc2nnc(CNc3ccc(F)cc3)n2C[C@H]2CCCO2)cc1Cl. The Hall–Kier alpha value is -2.62. The molecule has 174 valence electrons. The van der Waals surface area contributed by atoms with Crippen molar-refractivity contribution in [1.82, 2.24) is 14.8 Å². The van der Waals surface area contributed by atoms with Gasteiger partial charge in [0.1, 0.15) is 5.82 Å². The van der Waals surface area contributed by atoms with Gasteiger partial charge < -0.3 is 19.9 Å². The predicted octanol–water partition coefficient (Wildman–Crippen LogP) is 4.90. The van der Waals surface area contributed by atoms with Gasteiger partial charge in [-0.1, -0.05) is 29.4 Å². The summed E-state index contributed by atoms with van der Waals surface area (Å²) in [5, 5.41) is 16.0. The number of hydrogen-bond acceptors (Lipinski definition) is 6. The largest absolute Gasteiger partial charge is 0.378 e. The van der Waals surface area contributed by atoms with E-state index in [0.29, 0.717) is 29.0 Å². The number of aryl methyl sites for hydroxylation is 1. The van der Waals surface area contributed by atoms with Crippen LogP contribution in [0.4, 0.5) is 15.8 Å². The molecule has 3 aromatic rings. The van der Waals surface area contributed by atoms with Crippen molar-refractivity contribution >= 4 is 40.6 Å². The monoisotopic (exact) mass is 489 g/mol. The number of rotatable bonds is 9. The van der Waals surface area contributed by atoms with Crippen molar-refractivity contribution in [2.45, 2.75) is 44.1 Å². The van der Waals surface area contributed by atoms with E-state index >= 15 is 0 Å². The average Bonchev–Trinajstić information content (AvgIpc) is 3.45. The standard InChI is InChI=1S/C23H25ClFN5O2S/c1-15-4-7-18(11-20(15)24)27-22(31)14-33-23-29-28-21(30(23)13-19-3-2-10-32-19)12-26-17-8-5-16(25)6-9-17/h4-9,11,19,26H,2-3,10,12-14H2,1H3,(H,27,31)/t19-/m1/s1. The molecule has 33 heavy (non-hydrogen) atoms. The summed E-state index contributed by atoms with van der Waals surface area (Å²) in [5.74, 6) is 0.466. The first kappa shape index (κ1) is 23.5. The molecule has 4 rings (SSSR count). The van der Waals surface area contributed by atoms with Crippen LogP contribution in [0, 0.1) is 12.7 Å². The number of aromatic nitrogens is 3. The lowest BCUT2D eigenvalue weighted by Crippen LogP contribution is -2.20. The Bertz CT molecular complexity index is 1100. The molecule has 1 aliphatic rings. The molecule has 0 spiro atoms. The maximum Gasteiger partial charge on any atom is 0.234 e. The van der Waals surface area contributed by atoms with Crippen molar-refractivity contribution in [3.8, 4) is 0 Å². The molecule has 1 aliphatic heterocycles. The first-order valence-electron chi connectivity index (χ1n) is 10.7. The maximum atomic E-state index is 13.2. The highest BCUT2D eigenvalue weighted by Gasteiger charge is 2.21. The van der Waals surface area contributed by atoms with Crippen LogP contribution in [0.25, 0.3) is 0 Å². The smallest absolute Gasteiger partial charge is 0.234 e. The molecule has 1 amide bonds. The molecule has 0 aliphatic carbocycles. The van der Waals surface area contributed by atoms with E-state index in [2.05, 4.69) is 20.8 Å². The highest BCUT2D eigenvalue weighted by atomic mass is 35.5. The van der Waals surface area contributed by atoms with E-state index in [1.807, 2.05) is 23.6 Å². The van der Waals surface area contributed by atoms with Gasteiger partial charge in [0.2, 0.25) is 5.91 Å². The van der Waals surface area contributed by atoms with E-state index in [4.69, 9.17) is 16.3 Å². The zero-order chi connectivity index (χ0) is 23.2. The number of hydrogen-bond donors (Lipinski definition) is 2. The van der Waals surface area contributed by atoms with Crippen molar-refractivity contribution in [1.29, 1.82) is 0 Å². The van der Waals surface area contributed by atoms with Crippen LogP contribution in [0.1, 0.15) is 24.2 Å². The summed E-state index contributed by atoms with van der Waals surface area (Å²) in [6.07, 6.45) is 2.09. The van der Waals surface area contributed by atoms with Gasteiger partial charge in [-0.3, -0.25) is 4.79 Å². The van der Waals surface area contributed by atoms with Crippen LogP contribution in [0.5, 0.6) is 0 Å². The Morgan fingerprint density at radius 1 is 1.24 bits per heavy atom. The van der Waals surface area contributed by atoms with Crippen LogP contribution in [0.15, 0.2) is 47.6 Å². The summed E-state index contributed by atoms with van der Waals surface area (Å²) >= 11 is 7.46. The molecule has 2 heterocycles. The predicted molar refractivity (Wildman–Crippen MR) is 128 cm³/mol. The summed E-state index contributed by atoms with van der Waals surface area (Å²) in [6.45, 7) is 3.69. The van der Waals surface area contributed by atoms with Gasteiger partial charge in [-0.25, -0.2) is 4.39 Å². The van der Waals surface area contributed by atoms with Crippen molar-refractivity contribution < 1.29 is 13.9 Å². The van der Waals surface area contributed by atoms with E-state index in [1.54, 1.807) is 18.2 Å². The lowest BCUT2D eigenvalue weighted by Gasteiger charge is -2.15. The molecule has 1 atom stereocenters. The fourth-order valence-electron chi connectivity index (χ4n) is 3.48. The normalized spacial score (nSPS) is 15.5. The molecule has 2 N–H and O–H groups in total. The summed E-state index contributed by atoms with van der Waals surface area (Å²) < 4.78 is 21.0. The number of nitrogens with zero attached hydrogens (tertiary/aromatic N) is 3. The van der Waals surface area contributed by atoms with Gasteiger partial charge >= 0.3 is 0 Å². The van der Waals surface area contributed by atoms with Crippen LogP contribution in [-0.4, -0.2) is 39.1 Å². The Kier molecular flexibility index (Phi) is 7.85. The number of halogens is 2. The van der Waals surface area contributed by atoms with E-state index < -0.39 is 0 Å². The molecule has 0 unspecified atom stereocenters. The second-order valence-electron chi connectivity index (χ2n) is 7.81. The van der Waals surface area contributed by atoms with E-state index in [1.165, 1.54) is 23.9 Å². The summed E-state index contributed by atoms with van der Waals surface area (Å²) in [6, 6.07) is 11.6. The molecule has 0 saturated carbocycles. The highest BCUT2D eigenvalue weighted by Crippen LogP contribution is 2.23. The van der Waals surface area contributed by atoms with Gasteiger partial charge in [-0.05, 0) is 61.7 Å². The second-order valence-corrected chi connectivity index (χ2v) is 9.16. The minimum absolute atomic E-state index is 0.0912. The second kappa shape index (κ2) is 11.0. The van der Waals surface area contributed by atoms with Gasteiger partial charge in [0.05, 0.1) is 24.9 Å². The molecule has 1 fully saturated rings. The van der Waals surface area contributed by atoms with Crippen molar-refractivity contribution in [3.05, 3.63) is 64.7 Å². The average molecular weight is 490 g/mol. The van der Waals surface area contributed by atoms with Crippen molar-refractivity contribution in [2.75, 3.05) is 23.0 Å². The topological polar surface area (TPSA) is 81.1 Å². The van der Waals surface area contributed by atoms with Crippen LogP contribution >= 0.6 is 23.4 Å². The minimum Gasteiger partial charge on any atom is -0.378 e. The van der Waals surface area contributed by atoms with Gasteiger partial charge in [-0.15, -0.1) is 10.2 Å². The number of anilines is 2. The Morgan fingerprint density at radius 3 is 2.76 bits per heavy atom. The third kappa shape index (κ3) is 6.46. The van der Waals surface area contributed by atoms with Crippen LogP contribution in [0.2, 0.25) is 5.02 Å². The lowest BCUT2D eigenvalue weighted by atomic mass is 10.2. The van der Waals surface area contributed by atoms with Gasteiger partial charge in [0.15, 0.2) is 11.0 Å². The zero-order valence-corrected chi connectivity index (χ0v) is 19.8. The number of nitrogens with one attached hydrogen (secondary N) is 2. The third-order valence-electron chi connectivity index (χ3n) is 5.29. The Morgan fingerprint density at radius 2 is 2.03 bits per heavy atom. The molecule has 0 bridgehead atoms. The van der Waals surface area contributed by atoms with Gasteiger partial charge in [0, 0.05) is 23.0 Å². The van der Waals surface area contributed by atoms with Crippen molar-refractivity contribution in [3.63, 3.8) is 0 Å². The van der Waals surface area contributed by atoms with Crippen molar-refractivity contribution in [2.24, 2.45) is 0 Å². The number of carbonyl (C=O) groups excluding carboxylic acids is 1. The van der Waals surface area contributed by atoms with Crippen LogP contribution in [0.3, 0.4) is 0 Å². The third-order valence-corrected chi connectivity index (χ3v) is 6.66. The molecule has 2 aromatic carbocycles. The number of ether oxygens (including phenoxy) is 1. The summed E-state index contributed by atoms with van der Waals surface area (Å²) in [5.41, 5.74) is 2.39. The highest BCUT2D eigenvalue weighted by molar-refractivity contribution is 7.99. The molecular weight excluding hydrogens is 465 g/mol. The fourth-order valence-corrected chi connectivity index (χ4v) is 4.43. The van der Waals surface area contributed by atoms with Gasteiger partial charge in [0.25, 0.3) is 0 Å². The maximum absolute atomic E-state index is 13.2. The summed E-state index contributed by atoms with van der Waals surface area (Å²) in [7, 11) is 0. The molecule has 7 nitrogen and oxygen atoms in total. The molecule has 0 radical (unpaired) electrons. The number of thioether (sulfide) groups is 1. The first-order valence-corrected chi connectivity index (χ1v) is 12.1. The lowest BCUT2D eigenvalue weighted by molar-refractivity contribution is -0.113. The minimum atomic E-state index is -0.285. The molecular formula is C23H25ClFN5O2S. The number of benzene rings is 2. The fraction of sp³-hybridized carbons (Fsp3) is 0.348. The number of carbonyl (C=O) groups is 1. The van der Waals surface area contributed by atoms with E-state index in [9.17, 15) is 9.18 Å². The molecule has 1 aromatic heterocycles.